The van der Waals surface area contributed by atoms with E-state index >= 15 is 0 Å². The van der Waals surface area contributed by atoms with Gasteiger partial charge in [0.25, 0.3) is 5.56 Å². The smallest absolute Gasteiger partial charge is 0.277 e. The minimum absolute atomic E-state index is 0.00302. The van der Waals surface area contributed by atoms with E-state index in [2.05, 4.69) is 10.1 Å². The van der Waals surface area contributed by atoms with E-state index in [1.807, 2.05) is 6.92 Å². The van der Waals surface area contributed by atoms with Gasteiger partial charge < -0.3 is 0 Å². The van der Waals surface area contributed by atoms with Crippen molar-refractivity contribution >= 4 is 27.3 Å². The summed E-state index contributed by atoms with van der Waals surface area (Å²) in [6.45, 7) is 2.08. The first-order valence-corrected chi connectivity index (χ1v) is 9.54. The van der Waals surface area contributed by atoms with Crippen molar-refractivity contribution in [3.05, 3.63) is 62.7 Å². The Morgan fingerprint density at radius 2 is 2.08 bits per heavy atom. The first-order valence-electron chi connectivity index (χ1n) is 7.72. The third kappa shape index (κ3) is 2.57. The molecule has 3 heterocycles. The maximum Gasteiger partial charge on any atom is 0.277 e. The molecule has 0 radical (unpaired) electrons. The van der Waals surface area contributed by atoms with Gasteiger partial charge in [-0.2, -0.15) is 4.31 Å². The van der Waals surface area contributed by atoms with Crippen LogP contribution in [0.1, 0.15) is 16.8 Å². The first-order chi connectivity index (χ1) is 11.9. The van der Waals surface area contributed by atoms with E-state index in [0.717, 1.165) is 5.56 Å². The number of nitrogens with zero attached hydrogens (tertiary/aromatic N) is 3. The van der Waals surface area contributed by atoms with E-state index in [-0.39, 0.29) is 23.5 Å². The van der Waals surface area contributed by atoms with Gasteiger partial charge in [-0.25, -0.2) is 17.9 Å². The molecule has 0 bridgehead atoms. The van der Waals surface area contributed by atoms with Crippen LogP contribution < -0.4 is 5.56 Å². The molecule has 3 aromatic rings. The second kappa shape index (κ2) is 5.69. The molecule has 0 fully saturated rings. The lowest BCUT2D eigenvalue weighted by molar-refractivity contribution is 0.384. The monoisotopic (exact) mass is 378 g/mol. The summed E-state index contributed by atoms with van der Waals surface area (Å²) in [6, 6.07) is 6.36. The molecule has 2 aromatic heterocycles. The van der Waals surface area contributed by atoms with Crippen molar-refractivity contribution in [3.8, 4) is 0 Å². The predicted octanol–water partition coefficient (Wildman–Crippen LogP) is 1.73. The van der Waals surface area contributed by atoms with Crippen LogP contribution in [0.2, 0.25) is 5.02 Å². The molecule has 0 saturated heterocycles. The number of halogens is 1. The molecule has 4 rings (SSSR count). The number of fused-ring (bicyclic) bond motifs is 2. The lowest BCUT2D eigenvalue weighted by atomic mass is 10.1. The van der Waals surface area contributed by atoms with Crippen molar-refractivity contribution in [2.24, 2.45) is 0 Å². The number of sulfonamides is 1. The van der Waals surface area contributed by atoms with Crippen molar-refractivity contribution in [3.63, 3.8) is 0 Å². The molecule has 7 nitrogen and oxygen atoms in total. The quantitative estimate of drug-likeness (QED) is 0.735. The second-order valence-electron chi connectivity index (χ2n) is 6.00. The zero-order chi connectivity index (χ0) is 17.8. The van der Waals surface area contributed by atoms with E-state index in [9.17, 15) is 13.2 Å². The fourth-order valence-electron chi connectivity index (χ4n) is 2.98. The summed E-state index contributed by atoms with van der Waals surface area (Å²) in [6.07, 6.45) is 2.02. The van der Waals surface area contributed by atoms with Crippen molar-refractivity contribution in [1.29, 1.82) is 0 Å². The van der Waals surface area contributed by atoms with Gasteiger partial charge >= 0.3 is 0 Å². The SMILES string of the molecule is Cc1ccc(S(=O)(=O)N2CCc3nc4cc[nH]n4c(=O)c3C2)cc1Cl. The molecule has 1 N–H and O–H groups in total. The third-order valence-electron chi connectivity index (χ3n) is 4.44. The molecule has 0 aliphatic carbocycles. The fourth-order valence-corrected chi connectivity index (χ4v) is 4.66. The molecule has 0 atom stereocenters. The highest BCUT2D eigenvalue weighted by Gasteiger charge is 2.31. The standard InChI is InChI=1S/C16H15ClN4O3S/c1-10-2-3-11(8-13(10)17)25(23,24)20-7-5-14-12(9-20)16(22)21-15(19-14)4-6-18-21/h2-4,6,8,18H,5,7,9H2,1H3. The maximum absolute atomic E-state index is 12.9. The summed E-state index contributed by atoms with van der Waals surface area (Å²) in [5, 5.41) is 3.19. The Hall–Kier alpha value is -2.16. The van der Waals surface area contributed by atoms with E-state index < -0.39 is 10.0 Å². The highest BCUT2D eigenvalue weighted by molar-refractivity contribution is 7.89. The number of rotatable bonds is 2. The Morgan fingerprint density at radius 1 is 1.28 bits per heavy atom. The molecule has 25 heavy (non-hydrogen) atoms. The lowest BCUT2D eigenvalue weighted by Gasteiger charge is -2.27. The molecule has 0 saturated carbocycles. The predicted molar refractivity (Wildman–Crippen MR) is 93.3 cm³/mol. The van der Waals surface area contributed by atoms with Gasteiger partial charge in [-0.05, 0) is 24.6 Å². The molecular formula is C16H15ClN4O3S. The Balaban J connectivity index is 1.76. The Kier molecular flexibility index (Phi) is 3.71. The number of nitrogens with one attached hydrogen (secondary N) is 1. The van der Waals surface area contributed by atoms with Crippen LogP contribution in [0.25, 0.3) is 5.65 Å². The zero-order valence-electron chi connectivity index (χ0n) is 13.4. The highest BCUT2D eigenvalue weighted by Crippen LogP contribution is 2.26. The van der Waals surface area contributed by atoms with Crippen molar-refractivity contribution in [2.45, 2.75) is 24.8 Å². The van der Waals surface area contributed by atoms with E-state index in [4.69, 9.17) is 11.6 Å². The molecule has 130 valence electrons. The molecule has 0 unspecified atom stereocenters. The highest BCUT2D eigenvalue weighted by atomic mass is 35.5. The number of hydrogen-bond acceptors (Lipinski definition) is 4. The number of benzene rings is 1. The summed E-state index contributed by atoms with van der Waals surface area (Å²) < 4.78 is 28.4. The number of aromatic nitrogens is 3. The van der Waals surface area contributed by atoms with Crippen LogP contribution in [0.15, 0.2) is 40.2 Å². The van der Waals surface area contributed by atoms with Crippen LogP contribution in [-0.2, 0) is 23.0 Å². The molecule has 0 spiro atoms. The van der Waals surface area contributed by atoms with Gasteiger partial charge in [0.05, 0.1) is 16.2 Å². The van der Waals surface area contributed by atoms with Crippen LogP contribution in [0.4, 0.5) is 0 Å². The van der Waals surface area contributed by atoms with E-state index in [1.54, 1.807) is 18.3 Å². The van der Waals surface area contributed by atoms with Crippen LogP contribution in [0.5, 0.6) is 0 Å². The summed E-state index contributed by atoms with van der Waals surface area (Å²) in [5.41, 5.74) is 2.12. The van der Waals surface area contributed by atoms with Gasteiger partial charge in [0, 0.05) is 36.8 Å². The fraction of sp³-hybridized carbons (Fsp3) is 0.250. The average Bonchev–Trinajstić information content (AvgIpc) is 3.06. The van der Waals surface area contributed by atoms with Gasteiger partial charge in [0.15, 0.2) is 5.65 Å². The molecule has 1 aliphatic rings. The Labute approximate surface area is 148 Å². The second-order valence-corrected chi connectivity index (χ2v) is 8.34. The largest absolute Gasteiger partial charge is 0.297 e. The molecule has 1 aliphatic heterocycles. The minimum atomic E-state index is -3.74. The van der Waals surface area contributed by atoms with Crippen molar-refractivity contribution < 1.29 is 8.42 Å². The minimum Gasteiger partial charge on any atom is -0.297 e. The van der Waals surface area contributed by atoms with Crippen LogP contribution >= 0.6 is 11.6 Å². The first kappa shape index (κ1) is 16.3. The Morgan fingerprint density at radius 3 is 2.84 bits per heavy atom. The molecule has 9 heteroatoms. The summed E-state index contributed by atoms with van der Waals surface area (Å²) in [4.78, 5) is 17.2. The number of aromatic amines is 1. The summed E-state index contributed by atoms with van der Waals surface area (Å²) in [5.74, 6) is 0. The summed E-state index contributed by atoms with van der Waals surface area (Å²) >= 11 is 6.07. The van der Waals surface area contributed by atoms with Gasteiger partial charge in [-0.1, -0.05) is 17.7 Å². The van der Waals surface area contributed by atoms with Crippen LogP contribution in [-0.4, -0.2) is 33.9 Å². The van der Waals surface area contributed by atoms with Gasteiger partial charge in [-0.15, -0.1) is 0 Å². The third-order valence-corrected chi connectivity index (χ3v) is 6.69. The van der Waals surface area contributed by atoms with Crippen molar-refractivity contribution in [2.75, 3.05) is 6.54 Å². The van der Waals surface area contributed by atoms with Gasteiger partial charge in [0.1, 0.15) is 0 Å². The number of hydrogen-bond donors (Lipinski definition) is 1. The van der Waals surface area contributed by atoms with Crippen LogP contribution in [0.3, 0.4) is 0 Å². The lowest BCUT2D eigenvalue weighted by Crippen LogP contribution is -2.40. The van der Waals surface area contributed by atoms with Gasteiger partial charge in [-0.3, -0.25) is 9.89 Å². The number of aryl methyl sites for hydroxylation is 1. The topological polar surface area (TPSA) is 87.5 Å². The molecule has 1 aromatic carbocycles. The average molecular weight is 379 g/mol. The van der Waals surface area contributed by atoms with Crippen LogP contribution in [0, 0.1) is 6.92 Å². The Bertz CT molecular complexity index is 1150. The summed E-state index contributed by atoms with van der Waals surface area (Å²) in [7, 11) is -3.74. The normalized spacial score (nSPS) is 15.4. The zero-order valence-corrected chi connectivity index (χ0v) is 14.9. The van der Waals surface area contributed by atoms with Gasteiger partial charge in [0.2, 0.25) is 10.0 Å². The molecular weight excluding hydrogens is 364 g/mol. The number of H-pyrrole nitrogens is 1. The van der Waals surface area contributed by atoms with E-state index in [0.29, 0.717) is 28.3 Å². The molecule has 0 amide bonds. The van der Waals surface area contributed by atoms with E-state index in [1.165, 1.54) is 21.0 Å². The maximum atomic E-state index is 12.9. The van der Waals surface area contributed by atoms with Crippen molar-refractivity contribution in [1.82, 2.24) is 18.9 Å².